The number of carbonyl (C=O) groups is 2. The van der Waals surface area contributed by atoms with Gasteiger partial charge in [-0.1, -0.05) is 0 Å². The fourth-order valence-electron chi connectivity index (χ4n) is 3.83. The van der Waals surface area contributed by atoms with Crippen molar-refractivity contribution in [2.75, 3.05) is 19.7 Å². The largest absolute Gasteiger partial charge is 0.522 e. The maximum atomic E-state index is 13.3. The topological polar surface area (TPSA) is 67.9 Å². The first-order valence-electron chi connectivity index (χ1n) is 10.2. The summed E-state index contributed by atoms with van der Waals surface area (Å²) in [4.78, 5) is 25.8. The Morgan fingerprint density at radius 3 is 2.20 bits per heavy atom. The van der Waals surface area contributed by atoms with Crippen molar-refractivity contribution in [3.05, 3.63) is 0 Å². The molecule has 0 bridgehead atoms. The lowest BCUT2D eigenvalue weighted by Gasteiger charge is -2.36. The van der Waals surface area contributed by atoms with E-state index in [0.717, 1.165) is 0 Å². The number of alkyl halides is 5. The number of rotatable bonds is 7. The zero-order valence-electron chi connectivity index (χ0n) is 17.1. The third kappa shape index (κ3) is 7.98. The smallest absolute Gasteiger partial charge is 0.376 e. The molecule has 0 spiro atoms. The Bertz CT molecular complexity index is 584. The highest BCUT2D eigenvalue weighted by Gasteiger charge is 2.39. The van der Waals surface area contributed by atoms with Crippen LogP contribution >= 0.6 is 0 Å². The number of hydrogen-bond donors (Lipinski definition) is 1. The quantitative estimate of drug-likeness (QED) is 0.613. The third-order valence-electron chi connectivity index (χ3n) is 5.58. The molecule has 0 aromatic carbocycles. The van der Waals surface area contributed by atoms with Gasteiger partial charge < -0.3 is 15.0 Å². The monoisotopic (exact) mass is 444 g/mol. The zero-order valence-corrected chi connectivity index (χ0v) is 17.1. The van der Waals surface area contributed by atoms with E-state index in [1.165, 1.54) is 11.8 Å². The second kappa shape index (κ2) is 10.2. The molecule has 2 rings (SSSR count). The van der Waals surface area contributed by atoms with E-state index in [2.05, 4.69) is 10.1 Å². The van der Waals surface area contributed by atoms with E-state index in [-0.39, 0.29) is 51.3 Å². The maximum absolute atomic E-state index is 13.3. The first-order chi connectivity index (χ1) is 13.9. The summed E-state index contributed by atoms with van der Waals surface area (Å²) in [5.74, 6) is -3.58. The van der Waals surface area contributed by atoms with E-state index in [4.69, 9.17) is 4.74 Å². The highest BCUT2D eigenvalue weighted by molar-refractivity contribution is 5.87. The lowest BCUT2D eigenvalue weighted by atomic mass is 9.87. The van der Waals surface area contributed by atoms with Gasteiger partial charge in [0.05, 0.1) is 12.2 Å². The summed E-state index contributed by atoms with van der Waals surface area (Å²) in [5, 5.41) is 2.54. The number of halogens is 5. The number of nitrogens with one attached hydrogen (secondary N) is 1. The summed E-state index contributed by atoms with van der Waals surface area (Å²) < 4.78 is 73.3. The Hall–Kier alpha value is -1.49. The number of hydrogen-bond acceptors (Lipinski definition) is 4. The van der Waals surface area contributed by atoms with Gasteiger partial charge in [0.1, 0.15) is 6.04 Å². The molecule has 0 aromatic rings. The lowest BCUT2D eigenvalue weighted by Crippen LogP contribution is -2.56. The molecule has 0 radical (unpaired) electrons. The number of carbonyl (C=O) groups excluding carboxylic acids is 2. The van der Waals surface area contributed by atoms with Crippen LogP contribution in [0.3, 0.4) is 0 Å². The van der Waals surface area contributed by atoms with Gasteiger partial charge in [-0.25, -0.2) is 8.78 Å². The van der Waals surface area contributed by atoms with E-state index < -0.39 is 42.3 Å². The Labute approximate surface area is 172 Å². The van der Waals surface area contributed by atoms with Crippen LogP contribution in [-0.2, 0) is 19.1 Å². The summed E-state index contributed by atoms with van der Waals surface area (Å²) >= 11 is 0. The van der Waals surface area contributed by atoms with Gasteiger partial charge in [0, 0.05) is 39.5 Å². The molecular formula is C19H29F5N2O4. The molecule has 1 saturated carbocycles. The summed E-state index contributed by atoms with van der Waals surface area (Å²) in [7, 11) is 0. The first kappa shape index (κ1) is 24.8. The second-order valence-corrected chi connectivity index (χ2v) is 8.10. The second-order valence-electron chi connectivity index (χ2n) is 8.10. The van der Waals surface area contributed by atoms with Crippen LogP contribution in [0.1, 0.15) is 52.4 Å². The number of likely N-dealkylation sites (tertiary alicyclic amines) is 1. The van der Waals surface area contributed by atoms with Crippen molar-refractivity contribution in [3.8, 4) is 0 Å². The molecule has 1 N–H and O–H groups in total. The molecule has 0 aromatic heterocycles. The van der Waals surface area contributed by atoms with Crippen molar-refractivity contribution in [3.63, 3.8) is 0 Å². The Morgan fingerprint density at radius 1 is 1.13 bits per heavy atom. The Kier molecular flexibility index (Phi) is 8.43. The SMILES string of the molecule is CC(=O)NC(C(=O)N1CCC(OC(F)(F)F)CC1)C(C)OCC1CCC(F)(F)CC1. The fourth-order valence-corrected chi connectivity index (χ4v) is 3.83. The molecule has 2 atom stereocenters. The Balaban J connectivity index is 1.88. The van der Waals surface area contributed by atoms with Crippen molar-refractivity contribution < 1.29 is 41.0 Å². The minimum atomic E-state index is -4.72. The van der Waals surface area contributed by atoms with Gasteiger partial charge in [-0.05, 0) is 38.5 Å². The summed E-state index contributed by atoms with van der Waals surface area (Å²) in [5.41, 5.74) is 0. The standard InChI is InChI=1S/C19H29F5N2O4/c1-12(29-11-14-3-7-18(20,21)8-4-14)16(25-13(2)27)17(28)26-9-5-15(6-10-26)30-19(22,23)24/h12,14-16H,3-11H2,1-2H3,(H,25,27). The molecule has 1 saturated heterocycles. The van der Waals surface area contributed by atoms with Crippen molar-refractivity contribution in [1.29, 1.82) is 0 Å². The van der Waals surface area contributed by atoms with Gasteiger partial charge in [0.25, 0.3) is 0 Å². The molecule has 6 nitrogen and oxygen atoms in total. The van der Waals surface area contributed by atoms with Crippen molar-refractivity contribution >= 4 is 11.8 Å². The molecular weight excluding hydrogens is 415 g/mol. The summed E-state index contributed by atoms with van der Waals surface area (Å²) in [6.07, 6.45) is -6.12. The minimum absolute atomic E-state index is 0.0313. The predicted octanol–water partition coefficient (Wildman–Crippen LogP) is 3.25. The first-order valence-corrected chi connectivity index (χ1v) is 10.2. The van der Waals surface area contributed by atoms with Crippen LogP contribution in [0.4, 0.5) is 22.0 Å². The minimum Gasteiger partial charge on any atom is -0.376 e. The molecule has 2 amide bonds. The highest BCUT2D eigenvalue weighted by atomic mass is 19.4. The molecule has 1 aliphatic heterocycles. The lowest BCUT2D eigenvalue weighted by molar-refractivity contribution is -0.345. The molecule has 1 aliphatic carbocycles. The van der Waals surface area contributed by atoms with Gasteiger partial charge in [-0.2, -0.15) is 0 Å². The van der Waals surface area contributed by atoms with Crippen LogP contribution in [0.25, 0.3) is 0 Å². The molecule has 1 heterocycles. The maximum Gasteiger partial charge on any atom is 0.522 e. The average molecular weight is 444 g/mol. The van der Waals surface area contributed by atoms with Crippen LogP contribution < -0.4 is 5.32 Å². The van der Waals surface area contributed by atoms with Crippen LogP contribution in [0.2, 0.25) is 0 Å². The van der Waals surface area contributed by atoms with E-state index in [0.29, 0.717) is 12.8 Å². The highest BCUT2D eigenvalue weighted by Crippen LogP contribution is 2.36. The Morgan fingerprint density at radius 2 is 1.70 bits per heavy atom. The van der Waals surface area contributed by atoms with Crippen molar-refractivity contribution in [2.24, 2.45) is 5.92 Å². The van der Waals surface area contributed by atoms with Gasteiger partial charge in [0.15, 0.2) is 0 Å². The number of ether oxygens (including phenoxy) is 2. The van der Waals surface area contributed by atoms with Crippen LogP contribution in [0.15, 0.2) is 0 Å². The van der Waals surface area contributed by atoms with Crippen molar-refractivity contribution in [1.82, 2.24) is 10.2 Å². The van der Waals surface area contributed by atoms with Crippen LogP contribution in [0.5, 0.6) is 0 Å². The van der Waals surface area contributed by atoms with E-state index in [1.807, 2.05) is 0 Å². The summed E-state index contributed by atoms with van der Waals surface area (Å²) in [6, 6.07) is -1.01. The normalized spacial score (nSPS) is 23.1. The molecule has 174 valence electrons. The van der Waals surface area contributed by atoms with Crippen molar-refractivity contribution in [2.45, 2.75) is 82.9 Å². The molecule has 2 unspecified atom stereocenters. The fraction of sp³-hybridized carbons (Fsp3) is 0.895. The van der Waals surface area contributed by atoms with Gasteiger partial charge in [0.2, 0.25) is 17.7 Å². The van der Waals surface area contributed by atoms with Gasteiger partial charge in [-0.3, -0.25) is 14.3 Å². The molecule has 30 heavy (non-hydrogen) atoms. The number of nitrogens with zero attached hydrogens (tertiary/aromatic N) is 1. The summed E-state index contributed by atoms with van der Waals surface area (Å²) in [6.45, 7) is 3.19. The molecule has 2 aliphatic rings. The number of amides is 2. The number of piperidine rings is 1. The van der Waals surface area contributed by atoms with E-state index in [1.54, 1.807) is 6.92 Å². The predicted molar refractivity (Wildman–Crippen MR) is 96.7 cm³/mol. The van der Waals surface area contributed by atoms with Gasteiger partial charge >= 0.3 is 6.36 Å². The van der Waals surface area contributed by atoms with Crippen LogP contribution in [-0.4, -0.2) is 66.9 Å². The van der Waals surface area contributed by atoms with Crippen LogP contribution in [0, 0.1) is 5.92 Å². The average Bonchev–Trinajstić information content (AvgIpc) is 2.63. The van der Waals surface area contributed by atoms with Gasteiger partial charge in [-0.15, -0.1) is 13.2 Å². The molecule has 2 fully saturated rings. The van der Waals surface area contributed by atoms with E-state index >= 15 is 0 Å². The van der Waals surface area contributed by atoms with E-state index in [9.17, 15) is 31.5 Å². The molecule has 11 heteroatoms. The zero-order chi connectivity index (χ0) is 22.5. The third-order valence-corrected chi connectivity index (χ3v) is 5.58.